The Bertz CT molecular complexity index is 726. The summed E-state index contributed by atoms with van der Waals surface area (Å²) in [5.41, 5.74) is 0.272. The van der Waals surface area contributed by atoms with E-state index in [-0.39, 0.29) is 29.1 Å². The smallest absolute Gasteiger partial charge is 0.275 e. The zero-order valence-corrected chi connectivity index (χ0v) is 14.1. The van der Waals surface area contributed by atoms with E-state index < -0.39 is 5.82 Å². The molecule has 1 saturated heterocycles. The third kappa shape index (κ3) is 3.87. The highest BCUT2D eigenvalue weighted by atomic mass is 35.5. The lowest BCUT2D eigenvalue weighted by Gasteiger charge is -2.29. The van der Waals surface area contributed by atoms with Gasteiger partial charge in [-0.1, -0.05) is 18.5 Å². The minimum absolute atomic E-state index is 0.00959. The van der Waals surface area contributed by atoms with Crippen LogP contribution >= 0.6 is 11.6 Å². The summed E-state index contributed by atoms with van der Waals surface area (Å²) in [4.78, 5) is 18.3. The second-order valence-electron chi connectivity index (χ2n) is 5.96. The van der Waals surface area contributed by atoms with Crippen LogP contribution in [0.1, 0.15) is 36.1 Å². The lowest BCUT2D eigenvalue weighted by molar-refractivity contribution is 0.0691. The number of piperidine rings is 1. The third-order valence-corrected chi connectivity index (χ3v) is 4.38. The molecule has 0 aliphatic carbocycles. The van der Waals surface area contributed by atoms with E-state index in [0.717, 1.165) is 25.9 Å². The molecule has 2 aromatic rings. The zero-order chi connectivity index (χ0) is 17.1. The van der Waals surface area contributed by atoms with Gasteiger partial charge in [0.2, 0.25) is 5.89 Å². The molecule has 1 aromatic carbocycles. The first-order valence-corrected chi connectivity index (χ1v) is 8.22. The van der Waals surface area contributed by atoms with Crippen molar-refractivity contribution >= 4 is 17.5 Å². The van der Waals surface area contributed by atoms with E-state index in [1.165, 1.54) is 24.5 Å². The van der Waals surface area contributed by atoms with Crippen molar-refractivity contribution in [3.63, 3.8) is 0 Å². The van der Waals surface area contributed by atoms with Crippen molar-refractivity contribution in [2.75, 3.05) is 13.1 Å². The number of aromatic nitrogens is 1. The van der Waals surface area contributed by atoms with Crippen molar-refractivity contribution in [2.24, 2.45) is 5.92 Å². The van der Waals surface area contributed by atoms with E-state index in [2.05, 4.69) is 11.9 Å². The Morgan fingerprint density at radius 1 is 1.46 bits per heavy atom. The van der Waals surface area contributed by atoms with Crippen LogP contribution in [0, 0.1) is 11.7 Å². The Morgan fingerprint density at radius 3 is 2.92 bits per heavy atom. The standard InChI is InChI=1S/C17H18ClFN2O3/c1-11-4-6-21(7-5-11)17(22)14-9-24-16(20-14)10-23-15-3-2-12(19)8-13(15)18/h2-3,8-9,11H,4-7,10H2,1H3. The molecule has 0 spiro atoms. The fraction of sp³-hybridized carbons (Fsp3) is 0.412. The molecule has 1 amide bonds. The first kappa shape index (κ1) is 16.8. The Hall–Kier alpha value is -2.08. The number of ether oxygens (including phenoxy) is 1. The highest BCUT2D eigenvalue weighted by molar-refractivity contribution is 6.32. The van der Waals surface area contributed by atoms with E-state index in [1.54, 1.807) is 4.90 Å². The number of hydrogen-bond acceptors (Lipinski definition) is 4. The number of rotatable bonds is 4. The topological polar surface area (TPSA) is 55.6 Å². The van der Waals surface area contributed by atoms with Crippen LogP contribution in [-0.2, 0) is 6.61 Å². The lowest BCUT2D eigenvalue weighted by Crippen LogP contribution is -2.38. The molecule has 1 aliphatic rings. The van der Waals surface area contributed by atoms with Crippen molar-refractivity contribution in [1.29, 1.82) is 0 Å². The van der Waals surface area contributed by atoms with Gasteiger partial charge in [0.05, 0.1) is 5.02 Å². The number of carbonyl (C=O) groups excluding carboxylic acids is 1. The maximum atomic E-state index is 13.0. The van der Waals surface area contributed by atoms with Crippen LogP contribution in [0.25, 0.3) is 0 Å². The van der Waals surface area contributed by atoms with E-state index in [1.807, 2.05) is 0 Å². The van der Waals surface area contributed by atoms with Crippen LogP contribution in [0.2, 0.25) is 5.02 Å². The number of oxazole rings is 1. The monoisotopic (exact) mass is 352 g/mol. The fourth-order valence-corrected chi connectivity index (χ4v) is 2.80. The number of halogens is 2. The van der Waals surface area contributed by atoms with Crippen molar-refractivity contribution in [1.82, 2.24) is 9.88 Å². The molecular weight excluding hydrogens is 335 g/mol. The molecule has 7 heteroatoms. The van der Waals surface area contributed by atoms with Crippen molar-refractivity contribution in [3.05, 3.63) is 46.9 Å². The molecule has 24 heavy (non-hydrogen) atoms. The average Bonchev–Trinajstić information content (AvgIpc) is 3.03. The first-order chi connectivity index (χ1) is 11.5. The van der Waals surface area contributed by atoms with Crippen molar-refractivity contribution < 1.29 is 18.3 Å². The quantitative estimate of drug-likeness (QED) is 0.837. The highest BCUT2D eigenvalue weighted by Gasteiger charge is 2.23. The summed E-state index contributed by atoms with van der Waals surface area (Å²) in [5, 5.41) is 0.167. The largest absolute Gasteiger partial charge is 0.482 e. The van der Waals surface area contributed by atoms with E-state index in [9.17, 15) is 9.18 Å². The molecule has 2 heterocycles. The van der Waals surface area contributed by atoms with Gasteiger partial charge in [0.1, 0.15) is 17.8 Å². The molecule has 0 unspecified atom stereocenters. The Labute approximate surface area is 144 Å². The second-order valence-corrected chi connectivity index (χ2v) is 6.37. The predicted octanol–water partition coefficient (Wildman–Crippen LogP) is 3.92. The summed E-state index contributed by atoms with van der Waals surface area (Å²) >= 11 is 5.89. The molecule has 128 valence electrons. The number of carbonyl (C=O) groups is 1. The van der Waals surface area contributed by atoms with Gasteiger partial charge in [-0.25, -0.2) is 9.37 Å². The SMILES string of the molecule is CC1CCN(C(=O)c2coc(COc3ccc(F)cc3Cl)n2)CC1. The summed E-state index contributed by atoms with van der Waals surface area (Å²) in [7, 11) is 0. The van der Waals surface area contributed by atoms with Crippen LogP contribution in [0.4, 0.5) is 4.39 Å². The maximum Gasteiger partial charge on any atom is 0.275 e. The van der Waals surface area contributed by atoms with Gasteiger partial charge in [-0.2, -0.15) is 0 Å². The van der Waals surface area contributed by atoms with E-state index >= 15 is 0 Å². The molecule has 1 aliphatic heterocycles. The van der Waals surface area contributed by atoms with E-state index in [0.29, 0.717) is 11.7 Å². The molecule has 0 atom stereocenters. The molecule has 0 radical (unpaired) electrons. The molecule has 0 saturated carbocycles. The minimum atomic E-state index is -0.438. The van der Waals surface area contributed by atoms with Crippen LogP contribution in [0.15, 0.2) is 28.9 Å². The van der Waals surface area contributed by atoms with Crippen LogP contribution in [0.3, 0.4) is 0 Å². The molecular formula is C17H18ClFN2O3. The minimum Gasteiger partial charge on any atom is -0.482 e. The zero-order valence-electron chi connectivity index (χ0n) is 13.3. The summed E-state index contributed by atoms with van der Waals surface area (Å²) < 4.78 is 23.7. The number of benzene rings is 1. The Kier molecular flexibility index (Phi) is 5.04. The fourth-order valence-electron chi connectivity index (χ4n) is 2.58. The normalized spacial score (nSPS) is 15.5. The highest BCUT2D eigenvalue weighted by Crippen LogP contribution is 2.25. The molecule has 1 aromatic heterocycles. The van der Waals surface area contributed by atoms with E-state index in [4.69, 9.17) is 20.8 Å². The summed E-state index contributed by atoms with van der Waals surface area (Å²) in [6.45, 7) is 3.68. The average molecular weight is 353 g/mol. The predicted molar refractivity (Wildman–Crippen MR) is 86.5 cm³/mol. The second kappa shape index (κ2) is 7.21. The third-order valence-electron chi connectivity index (χ3n) is 4.09. The van der Waals surface area contributed by atoms with Crippen LogP contribution < -0.4 is 4.74 Å². The van der Waals surface area contributed by atoms with Gasteiger partial charge in [0, 0.05) is 13.1 Å². The van der Waals surface area contributed by atoms with Crippen molar-refractivity contribution in [2.45, 2.75) is 26.4 Å². The molecule has 0 N–H and O–H groups in total. The molecule has 3 rings (SSSR count). The molecule has 5 nitrogen and oxygen atoms in total. The van der Waals surface area contributed by atoms with Gasteiger partial charge in [0.25, 0.3) is 5.91 Å². The van der Waals surface area contributed by atoms with Gasteiger partial charge in [-0.05, 0) is 37.0 Å². The van der Waals surface area contributed by atoms with Crippen molar-refractivity contribution in [3.8, 4) is 5.75 Å². The number of hydrogen-bond donors (Lipinski definition) is 0. The Balaban J connectivity index is 1.60. The number of amides is 1. The van der Waals surface area contributed by atoms with Gasteiger partial charge < -0.3 is 14.1 Å². The van der Waals surface area contributed by atoms with Crippen LogP contribution in [-0.4, -0.2) is 28.9 Å². The van der Waals surface area contributed by atoms with Gasteiger partial charge in [-0.3, -0.25) is 4.79 Å². The summed E-state index contributed by atoms with van der Waals surface area (Å²) in [6, 6.07) is 3.85. The van der Waals surface area contributed by atoms with Gasteiger partial charge >= 0.3 is 0 Å². The number of nitrogens with zero attached hydrogens (tertiary/aromatic N) is 2. The van der Waals surface area contributed by atoms with Gasteiger partial charge in [0.15, 0.2) is 12.3 Å². The lowest BCUT2D eigenvalue weighted by atomic mass is 9.99. The summed E-state index contributed by atoms with van der Waals surface area (Å²) in [5.74, 6) is 0.679. The maximum absolute atomic E-state index is 13.0. The first-order valence-electron chi connectivity index (χ1n) is 7.84. The van der Waals surface area contributed by atoms with Gasteiger partial charge in [-0.15, -0.1) is 0 Å². The molecule has 1 fully saturated rings. The summed E-state index contributed by atoms with van der Waals surface area (Å²) in [6.07, 6.45) is 3.34. The molecule has 0 bridgehead atoms. The van der Waals surface area contributed by atoms with Crippen LogP contribution in [0.5, 0.6) is 5.75 Å². The Morgan fingerprint density at radius 2 is 2.21 bits per heavy atom. The number of likely N-dealkylation sites (tertiary alicyclic amines) is 1.